The summed E-state index contributed by atoms with van der Waals surface area (Å²) in [6, 6.07) is 7.49. The summed E-state index contributed by atoms with van der Waals surface area (Å²) < 4.78 is 15.4. The Morgan fingerprint density at radius 3 is 2.93 bits per heavy atom. The molecular weight excluding hydrogens is 188 g/mol. The van der Waals surface area contributed by atoms with E-state index in [1.54, 1.807) is 25.1 Å². The number of nitrogens with two attached hydrogens (primary N) is 2. The molecule has 0 radical (unpaired) electrons. The largest absolute Gasteiger partial charge is 0.387 e. The molecule has 1 aromatic rings. The van der Waals surface area contributed by atoms with E-state index in [0.29, 0.717) is 18.3 Å². The van der Waals surface area contributed by atoms with Gasteiger partial charge in [0.15, 0.2) is 0 Å². The first-order valence-electron chi connectivity index (χ1n) is 5.67. The molecule has 0 aliphatic carbocycles. The van der Waals surface area contributed by atoms with E-state index >= 15 is 0 Å². The standard InChI is InChI=1S/C11H16N4/c1-9(12)15-11(13)14-8-7-10-5-3-2-4-6-10/h2-6H,7-8H2,1H3,(H4,12,13,14,15)/i5D,8D. The fourth-order valence-electron chi connectivity index (χ4n) is 1.00. The lowest BCUT2D eigenvalue weighted by Gasteiger charge is -1.97. The van der Waals surface area contributed by atoms with Crippen LogP contribution in [0.4, 0.5) is 0 Å². The van der Waals surface area contributed by atoms with Crippen LogP contribution in [0.5, 0.6) is 0 Å². The summed E-state index contributed by atoms with van der Waals surface area (Å²) >= 11 is 0. The van der Waals surface area contributed by atoms with Crippen molar-refractivity contribution >= 4 is 11.8 Å². The van der Waals surface area contributed by atoms with Crippen molar-refractivity contribution in [2.75, 3.05) is 6.52 Å². The van der Waals surface area contributed by atoms with Gasteiger partial charge in [-0.15, -0.1) is 0 Å². The fraction of sp³-hybridized carbons (Fsp3) is 0.273. The highest BCUT2D eigenvalue weighted by atomic mass is 15.1. The van der Waals surface area contributed by atoms with Crippen LogP contribution in [0.3, 0.4) is 0 Å². The normalized spacial score (nSPS) is 16.9. The first-order chi connectivity index (χ1) is 7.99. The van der Waals surface area contributed by atoms with Crippen LogP contribution >= 0.6 is 0 Å². The summed E-state index contributed by atoms with van der Waals surface area (Å²) in [5.41, 5.74) is 11.6. The Labute approximate surface area is 92.5 Å². The van der Waals surface area contributed by atoms with Gasteiger partial charge in [0, 0.05) is 6.52 Å². The fourth-order valence-corrected chi connectivity index (χ4v) is 1.00. The second-order valence-electron chi connectivity index (χ2n) is 3.01. The predicted molar refractivity (Wildman–Crippen MR) is 63.9 cm³/mol. The van der Waals surface area contributed by atoms with E-state index in [1.807, 2.05) is 6.07 Å². The zero-order valence-corrected chi connectivity index (χ0v) is 8.64. The molecule has 80 valence electrons. The van der Waals surface area contributed by atoms with Crippen molar-refractivity contribution in [3.8, 4) is 0 Å². The highest BCUT2D eigenvalue weighted by molar-refractivity contribution is 5.93. The number of amidine groups is 1. The topological polar surface area (TPSA) is 76.8 Å². The molecule has 0 spiro atoms. The number of nitrogens with zero attached hydrogens (tertiary/aromatic N) is 2. The van der Waals surface area contributed by atoms with Crippen LogP contribution in [0.25, 0.3) is 0 Å². The van der Waals surface area contributed by atoms with Gasteiger partial charge in [0.25, 0.3) is 0 Å². The van der Waals surface area contributed by atoms with Crippen LogP contribution in [0, 0.1) is 0 Å². The number of hydrogen-bond acceptors (Lipinski definition) is 1. The van der Waals surface area contributed by atoms with Gasteiger partial charge in [-0.2, -0.15) is 0 Å². The van der Waals surface area contributed by atoms with Crippen LogP contribution in [-0.4, -0.2) is 18.3 Å². The van der Waals surface area contributed by atoms with Crippen molar-refractivity contribution in [2.24, 2.45) is 21.5 Å². The van der Waals surface area contributed by atoms with Gasteiger partial charge in [0.1, 0.15) is 0 Å². The van der Waals surface area contributed by atoms with Crippen molar-refractivity contribution in [3.05, 3.63) is 35.9 Å². The first kappa shape index (κ1) is 8.47. The molecule has 0 aromatic heterocycles. The Kier molecular flexibility index (Phi) is 3.27. The quantitative estimate of drug-likeness (QED) is 0.570. The van der Waals surface area contributed by atoms with E-state index in [9.17, 15) is 0 Å². The van der Waals surface area contributed by atoms with E-state index in [1.165, 1.54) is 0 Å². The molecule has 1 aromatic carbocycles. The number of aliphatic imine (C=N–C) groups is 2. The Bertz CT molecular complexity index is 439. The predicted octanol–water partition coefficient (Wildman–Crippen LogP) is 0.921. The van der Waals surface area contributed by atoms with E-state index in [2.05, 4.69) is 9.98 Å². The van der Waals surface area contributed by atoms with Crippen molar-refractivity contribution in [2.45, 2.75) is 13.3 Å². The Morgan fingerprint density at radius 1 is 1.47 bits per heavy atom. The average Bonchev–Trinajstić information content (AvgIpc) is 2.19. The summed E-state index contributed by atoms with van der Waals surface area (Å²) in [5, 5.41) is 0. The van der Waals surface area contributed by atoms with Crippen molar-refractivity contribution in [3.63, 3.8) is 0 Å². The minimum absolute atomic E-state index is 0.00698. The van der Waals surface area contributed by atoms with Crippen LogP contribution in [0.2, 0.25) is 0 Å². The lowest BCUT2D eigenvalue weighted by molar-refractivity contribution is 0.962. The lowest BCUT2D eigenvalue weighted by Crippen LogP contribution is -2.16. The van der Waals surface area contributed by atoms with Crippen LogP contribution < -0.4 is 11.5 Å². The molecular formula is C11H16N4. The lowest BCUT2D eigenvalue weighted by atomic mass is 10.2. The zero-order chi connectivity index (χ0) is 12.8. The van der Waals surface area contributed by atoms with E-state index in [4.69, 9.17) is 14.2 Å². The van der Waals surface area contributed by atoms with Gasteiger partial charge >= 0.3 is 0 Å². The number of guanidine groups is 1. The summed E-state index contributed by atoms with van der Waals surface area (Å²) in [4.78, 5) is 7.60. The second-order valence-corrected chi connectivity index (χ2v) is 3.01. The molecule has 0 saturated carbocycles. The minimum Gasteiger partial charge on any atom is -0.387 e. The molecule has 4 N–H and O–H groups in total. The molecule has 15 heavy (non-hydrogen) atoms. The number of aryl methyl sites for hydroxylation is 1. The number of rotatable bonds is 3. The molecule has 0 saturated heterocycles. The summed E-state index contributed by atoms with van der Waals surface area (Å²) in [6.07, 6.45) is 0.333. The number of hydrogen-bond donors (Lipinski definition) is 2. The van der Waals surface area contributed by atoms with Crippen LogP contribution in [0.15, 0.2) is 40.3 Å². The Hall–Kier alpha value is -1.84. The summed E-state index contributed by atoms with van der Waals surface area (Å²) in [6.45, 7) is 0.824. The molecule has 4 heteroatoms. The second kappa shape index (κ2) is 5.80. The van der Waals surface area contributed by atoms with Gasteiger partial charge in [-0.1, -0.05) is 30.3 Å². The Balaban J connectivity index is 2.71. The molecule has 0 amide bonds. The monoisotopic (exact) mass is 206 g/mol. The van der Waals surface area contributed by atoms with Gasteiger partial charge < -0.3 is 11.5 Å². The van der Waals surface area contributed by atoms with Gasteiger partial charge in [-0.25, -0.2) is 4.99 Å². The molecule has 1 unspecified atom stereocenters. The minimum atomic E-state index is -0.774. The molecule has 0 heterocycles. The third-order valence-corrected chi connectivity index (χ3v) is 1.60. The van der Waals surface area contributed by atoms with E-state index in [0.717, 1.165) is 5.56 Å². The van der Waals surface area contributed by atoms with Crippen molar-refractivity contribution in [1.82, 2.24) is 0 Å². The zero-order valence-electron chi connectivity index (χ0n) is 10.6. The molecule has 0 aliphatic rings. The molecule has 1 atom stereocenters. The average molecular weight is 206 g/mol. The molecule has 4 nitrogen and oxygen atoms in total. The van der Waals surface area contributed by atoms with Crippen LogP contribution in [0.1, 0.15) is 15.2 Å². The van der Waals surface area contributed by atoms with Gasteiger partial charge in [0.05, 0.1) is 8.58 Å². The van der Waals surface area contributed by atoms with Crippen molar-refractivity contribution < 1.29 is 2.74 Å². The van der Waals surface area contributed by atoms with Crippen molar-refractivity contribution in [1.29, 1.82) is 0 Å². The Morgan fingerprint density at radius 2 is 2.27 bits per heavy atom. The van der Waals surface area contributed by atoms with E-state index in [-0.39, 0.29) is 5.96 Å². The maximum Gasteiger partial charge on any atom is 0.216 e. The third kappa shape index (κ3) is 4.81. The molecule has 0 aliphatic heterocycles. The highest BCUT2D eigenvalue weighted by Crippen LogP contribution is 1.99. The molecule has 1 rings (SSSR count). The first-order valence-corrected chi connectivity index (χ1v) is 4.60. The van der Waals surface area contributed by atoms with Crippen LogP contribution in [-0.2, 0) is 6.42 Å². The summed E-state index contributed by atoms with van der Waals surface area (Å²) in [5.74, 6) is 0.298. The highest BCUT2D eigenvalue weighted by Gasteiger charge is 1.91. The SMILES string of the molecule is [2H]c1ccccc1CC([2H])N=C(N)N=C(C)N. The third-order valence-electron chi connectivity index (χ3n) is 1.60. The number of benzene rings is 1. The smallest absolute Gasteiger partial charge is 0.216 e. The molecule has 0 fully saturated rings. The maximum atomic E-state index is 7.72. The summed E-state index contributed by atoms with van der Waals surface area (Å²) in [7, 11) is 0. The van der Waals surface area contributed by atoms with E-state index < -0.39 is 6.52 Å². The maximum absolute atomic E-state index is 7.72. The molecule has 0 bridgehead atoms. The van der Waals surface area contributed by atoms with Gasteiger partial charge in [-0.05, 0) is 18.9 Å². The van der Waals surface area contributed by atoms with Gasteiger partial charge in [-0.3, -0.25) is 4.99 Å². The van der Waals surface area contributed by atoms with Gasteiger partial charge in [0.2, 0.25) is 5.96 Å².